The lowest BCUT2D eigenvalue weighted by molar-refractivity contribution is 0.948. The van der Waals surface area contributed by atoms with Crippen LogP contribution in [0.25, 0.3) is 0 Å². The molecule has 0 unspecified atom stereocenters. The van der Waals surface area contributed by atoms with Crippen LogP contribution >= 0.6 is 23.4 Å². The van der Waals surface area contributed by atoms with Crippen molar-refractivity contribution in [2.75, 3.05) is 16.8 Å². The molecule has 0 saturated carbocycles. The maximum Gasteiger partial charge on any atom is 0.191 e. The minimum absolute atomic E-state index is 0.269. The van der Waals surface area contributed by atoms with Crippen LogP contribution in [0.4, 0.5) is 11.5 Å². The Morgan fingerprint density at radius 2 is 1.91 bits per heavy atom. The molecule has 0 radical (unpaired) electrons. The summed E-state index contributed by atoms with van der Waals surface area (Å²) in [5.74, 6) is 1.47. The van der Waals surface area contributed by atoms with Crippen LogP contribution < -0.4 is 11.1 Å². The molecule has 2 aromatic heterocycles. The van der Waals surface area contributed by atoms with Gasteiger partial charge in [0.15, 0.2) is 16.1 Å². The zero-order valence-corrected chi connectivity index (χ0v) is 14.6. The third kappa shape index (κ3) is 5.65. The van der Waals surface area contributed by atoms with Gasteiger partial charge in [-0.3, -0.25) is 0 Å². The summed E-state index contributed by atoms with van der Waals surface area (Å²) in [5, 5.41) is 4.02. The van der Waals surface area contributed by atoms with Crippen LogP contribution in [0.2, 0.25) is 5.15 Å². The van der Waals surface area contributed by atoms with E-state index in [1.54, 1.807) is 24.2 Å². The van der Waals surface area contributed by atoms with Gasteiger partial charge in [-0.05, 0) is 6.42 Å². The Balaban J connectivity index is 0.00000116. The number of nitrogen functional groups attached to an aromatic ring is 1. The van der Waals surface area contributed by atoms with Crippen LogP contribution in [-0.4, -0.2) is 25.7 Å². The largest absolute Gasteiger partial charge is 0.393 e. The van der Waals surface area contributed by atoms with Crippen LogP contribution in [-0.2, 0) is 6.54 Å². The van der Waals surface area contributed by atoms with Gasteiger partial charge in [0.05, 0.1) is 0 Å². The van der Waals surface area contributed by atoms with E-state index in [9.17, 15) is 0 Å². The number of nitrogens with zero attached hydrogens (tertiary/aromatic N) is 4. The SMILES string of the molecule is CC.CCCSc1nc(Cl)c(N)c(NCc2cncnc2)n1. The highest BCUT2D eigenvalue weighted by atomic mass is 35.5. The van der Waals surface area contributed by atoms with E-state index >= 15 is 0 Å². The van der Waals surface area contributed by atoms with E-state index in [2.05, 4.69) is 32.2 Å². The molecule has 6 nitrogen and oxygen atoms in total. The van der Waals surface area contributed by atoms with Gasteiger partial charge in [0.25, 0.3) is 0 Å². The summed E-state index contributed by atoms with van der Waals surface area (Å²) < 4.78 is 0. The molecule has 0 saturated heterocycles. The molecule has 2 rings (SSSR count). The van der Waals surface area contributed by atoms with Crippen LogP contribution in [0.1, 0.15) is 32.8 Å². The first kappa shape index (κ1) is 18.4. The Labute approximate surface area is 140 Å². The van der Waals surface area contributed by atoms with Crippen molar-refractivity contribution in [3.05, 3.63) is 29.4 Å². The molecule has 0 spiro atoms. The predicted molar refractivity (Wildman–Crippen MR) is 93.2 cm³/mol. The van der Waals surface area contributed by atoms with Gasteiger partial charge in [-0.1, -0.05) is 44.1 Å². The molecule has 0 fully saturated rings. The molecular formula is C14H21ClN6S. The molecule has 0 aromatic carbocycles. The Hall–Kier alpha value is -1.60. The fourth-order valence-corrected chi connectivity index (χ4v) is 2.34. The number of aromatic nitrogens is 4. The first-order valence-electron chi connectivity index (χ1n) is 7.14. The van der Waals surface area contributed by atoms with Gasteiger partial charge in [0.1, 0.15) is 12.0 Å². The van der Waals surface area contributed by atoms with Crippen LogP contribution in [0.3, 0.4) is 0 Å². The van der Waals surface area contributed by atoms with Crippen molar-refractivity contribution in [2.45, 2.75) is 38.9 Å². The summed E-state index contributed by atoms with van der Waals surface area (Å²) in [6, 6.07) is 0. The van der Waals surface area contributed by atoms with E-state index in [4.69, 9.17) is 17.3 Å². The molecule has 8 heteroatoms. The minimum atomic E-state index is 0.269. The molecule has 0 aliphatic rings. The zero-order chi connectivity index (χ0) is 16.4. The predicted octanol–water partition coefficient (Wildman–Crippen LogP) is 3.64. The highest BCUT2D eigenvalue weighted by Gasteiger charge is 2.10. The second kappa shape index (κ2) is 10.2. The normalized spacial score (nSPS) is 9.82. The zero-order valence-electron chi connectivity index (χ0n) is 13.0. The van der Waals surface area contributed by atoms with Crippen molar-refractivity contribution < 1.29 is 0 Å². The Morgan fingerprint density at radius 1 is 1.23 bits per heavy atom. The molecule has 2 heterocycles. The van der Waals surface area contributed by atoms with Crippen molar-refractivity contribution in [2.24, 2.45) is 0 Å². The van der Waals surface area contributed by atoms with Gasteiger partial charge >= 0.3 is 0 Å². The fraction of sp³-hybridized carbons (Fsp3) is 0.429. The molecule has 3 N–H and O–H groups in total. The van der Waals surface area contributed by atoms with Crippen molar-refractivity contribution in [3.8, 4) is 0 Å². The minimum Gasteiger partial charge on any atom is -0.393 e. The fourth-order valence-electron chi connectivity index (χ4n) is 1.42. The van der Waals surface area contributed by atoms with E-state index in [0.717, 1.165) is 17.7 Å². The van der Waals surface area contributed by atoms with Gasteiger partial charge in [-0.2, -0.15) is 0 Å². The van der Waals surface area contributed by atoms with Crippen LogP contribution in [0.5, 0.6) is 0 Å². The van der Waals surface area contributed by atoms with Crippen molar-refractivity contribution in [1.82, 2.24) is 19.9 Å². The number of thioether (sulfide) groups is 1. The second-order valence-corrected chi connectivity index (χ2v) is 5.43. The molecule has 0 atom stereocenters. The molecule has 0 amide bonds. The van der Waals surface area contributed by atoms with E-state index in [1.165, 1.54) is 6.33 Å². The van der Waals surface area contributed by atoms with Gasteiger partial charge in [-0.15, -0.1) is 0 Å². The monoisotopic (exact) mass is 340 g/mol. The second-order valence-electron chi connectivity index (χ2n) is 4.01. The number of halogens is 1. The molecule has 0 aliphatic heterocycles. The van der Waals surface area contributed by atoms with Gasteiger partial charge < -0.3 is 11.1 Å². The smallest absolute Gasteiger partial charge is 0.191 e. The first-order chi connectivity index (χ1) is 10.7. The molecule has 2 aromatic rings. The topological polar surface area (TPSA) is 89.6 Å². The number of nitrogens with two attached hydrogens (primary N) is 1. The summed E-state index contributed by atoms with van der Waals surface area (Å²) in [5.41, 5.74) is 7.17. The Bertz CT molecular complexity index is 567. The standard InChI is InChI=1S/C12H15ClN6S.C2H6/c1-2-3-20-12-18-10(13)9(14)11(19-12)17-6-8-4-15-7-16-5-8;1-2/h4-5,7H,2-3,6,14H2,1H3,(H,17,18,19);1-2H3. The van der Waals surface area contributed by atoms with Crippen molar-refractivity contribution in [3.63, 3.8) is 0 Å². The van der Waals surface area contributed by atoms with E-state index in [-0.39, 0.29) is 5.15 Å². The number of hydrogen-bond acceptors (Lipinski definition) is 7. The highest BCUT2D eigenvalue weighted by Crippen LogP contribution is 2.27. The lowest BCUT2D eigenvalue weighted by Gasteiger charge is -2.10. The quantitative estimate of drug-likeness (QED) is 0.471. The van der Waals surface area contributed by atoms with Crippen molar-refractivity contribution in [1.29, 1.82) is 0 Å². The molecular weight excluding hydrogens is 320 g/mol. The number of hydrogen-bond donors (Lipinski definition) is 2. The van der Waals surface area contributed by atoms with E-state index in [1.807, 2.05) is 13.8 Å². The lowest BCUT2D eigenvalue weighted by Crippen LogP contribution is -2.07. The van der Waals surface area contributed by atoms with Gasteiger partial charge in [-0.25, -0.2) is 19.9 Å². The number of nitrogens with one attached hydrogen (secondary N) is 1. The van der Waals surface area contributed by atoms with Crippen LogP contribution in [0, 0.1) is 0 Å². The third-order valence-electron chi connectivity index (χ3n) is 2.39. The maximum absolute atomic E-state index is 6.03. The molecule has 120 valence electrons. The highest BCUT2D eigenvalue weighted by molar-refractivity contribution is 7.99. The number of rotatable bonds is 6. The molecule has 0 bridgehead atoms. The average Bonchev–Trinajstić information content (AvgIpc) is 2.57. The average molecular weight is 341 g/mol. The summed E-state index contributed by atoms with van der Waals surface area (Å²) in [6.07, 6.45) is 5.98. The molecule has 0 aliphatic carbocycles. The first-order valence-corrected chi connectivity index (χ1v) is 8.50. The molecule has 22 heavy (non-hydrogen) atoms. The van der Waals surface area contributed by atoms with E-state index in [0.29, 0.717) is 23.2 Å². The Morgan fingerprint density at radius 3 is 2.55 bits per heavy atom. The summed E-state index contributed by atoms with van der Waals surface area (Å²) in [4.78, 5) is 16.4. The lowest BCUT2D eigenvalue weighted by atomic mass is 10.3. The van der Waals surface area contributed by atoms with Gasteiger partial charge in [0, 0.05) is 30.3 Å². The van der Waals surface area contributed by atoms with Crippen molar-refractivity contribution >= 4 is 34.9 Å². The van der Waals surface area contributed by atoms with Crippen LogP contribution in [0.15, 0.2) is 23.9 Å². The third-order valence-corrected chi connectivity index (χ3v) is 3.73. The Kier molecular flexibility index (Phi) is 8.54. The number of anilines is 2. The maximum atomic E-state index is 6.03. The summed E-state index contributed by atoms with van der Waals surface area (Å²) in [7, 11) is 0. The van der Waals surface area contributed by atoms with Gasteiger partial charge in [0.2, 0.25) is 0 Å². The summed E-state index contributed by atoms with van der Waals surface area (Å²) >= 11 is 7.58. The van der Waals surface area contributed by atoms with E-state index < -0.39 is 0 Å². The summed E-state index contributed by atoms with van der Waals surface area (Å²) in [6.45, 7) is 6.62.